The molecule has 1 saturated carbocycles. The van der Waals surface area contributed by atoms with E-state index in [0.29, 0.717) is 11.5 Å². The molecule has 0 radical (unpaired) electrons. The summed E-state index contributed by atoms with van der Waals surface area (Å²) in [6.45, 7) is 3.62. The highest BCUT2D eigenvalue weighted by molar-refractivity contribution is 5.85. The van der Waals surface area contributed by atoms with Crippen molar-refractivity contribution in [3.05, 3.63) is 35.4 Å². The van der Waals surface area contributed by atoms with Gasteiger partial charge in [0.2, 0.25) is 0 Å². The van der Waals surface area contributed by atoms with Crippen molar-refractivity contribution in [2.45, 2.75) is 50.6 Å². The van der Waals surface area contributed by atoms with Crippen LogP contribution in [-0.4, -0.2) is 30.6 Å². The number of nitriles is 1. The Hall–Kier alpha value is -1.08. The van der Waals surface area contributed by atoms with E-state index in [4.69, 9.17) is 0 Å². The summed E-state index contributed by atoms with van der Waals surface area (Å²) < 4.78 is 0. The Bertz CT molecular complexity index is 581. The molecule has 1 aliphatic carbocycles. The van der Waals surface area contributed by atoms with Gasteiger partial charge in [0.25, 0.3) is 0 Å². The van der Waals surface area contributed by atoms with E-state index in [2.05, 4.69) is 28.4 Å². The summed E-state index contributed by atoms with van der Waals surface area (Å²) in [5.74, 6) is 0. The number of nitrogens with one attached hydrogen (secondary N) is 1. The van der Waals surface area contributed by atoms with Crippen LogP contribution in [0.5, 0.6) is 0 Å². The second kappa shape index (κ2) is 6.81. The van der Waals surface area contributed by atoms with Gasteiger partial charge >= 0.3 is 0 Å². The molecule has 0 bridgehead atoms. The van der Waals surface area contributed by atoms with Crippen molar-refractivity contribution >= 4 is 12.4 Å². The first-order valence-electron chi connectivity index (χ1n) is 8.77. The van der Waals surface area contributed by atoms with Crippen molar-refractivity contribution in [2.75, 3.05) is 19.6 Å². The molecule has 2 saturated heterocycles. The monoisotopic (exact) mass is 331 g/mol. The van der Waals surface area contributed by atoms with Crippen LogP contribution in [-0.2, 0) is 0 Å². The maximum absolute atomic E-state index is 9.40. The Morgan fingerprint density at radius 1 is 1.17 bits per heavy atom. The minimum atomic E-state index is 0. The lowest BCUT2D eigenvalue weighted by atomic mass is 9.60. The fraction of sp³-hybridized carbons (Fsp3) is 0.632. The molecule has 0 aromatic heterocycles. The topological polar surface area (TPSA) is 39.1 Å². The van der Waals surface area contributed by atoms with E-state index in [-0.39, 0.29) is 12.4 Å². The average Bonchev–Trinajstić information content (AvgIpc) is 3.02. The van der Waals surface area contributed by atoms with Crippen LogP contribution < -0.4 is 5.32 Å². The molecule has 2 heterocycles. The lowest BCUT2D eigenvalue weighted by molar-refractivity contribution is -0.0264. The van der Waals surface area contributed by atoms with Gasteiger partial charge in [0.15, 0.2) is 0 Å². The van der Waals surface area contributed by atoms with E-state index in [1.165, 1.54) is 63.7 Å². The van der Waals surface area contributed by atoms with Crippen LogP contribution in [0, 0.1) is 16.7 Å². The third-order valence-electron chi connectivity index (χ3n) is 6.20. The Morgan fingerprint density at radius 3 is 2.65 bits per heavy atom. The highest BCUT2D eigenvalue weighted by Gasteiger charge is 2.48. The molecule has 4 heteroatoms. The first-order valence-corrected chi connectivity index (χ1v) is 8.77. The molecule has 2 aliphatic heterocycles. The zero-order valence-electron chi connectivity index (χ0n) is 13.6. The number of piperidine rings is 1. The maximum atomic E-state index is 9.40. The van der Waals surface area contributed by atoms with Crippen LogP contribution in [0.25, 0.3) is 0 Å². The van der Waals surface area contributed by atoms with Crippen molar-refractivity contribution in [1.29, 1.82) is 5.26 Å². The lowest BCUT2D eigenvalue weighted by Gasteiger charge is -2.54. The number of hydrogen-bond acceptors (Lipinski definition) is 3. The van der Waals surface area contributed by atoms with Crippen LogP contribution in [0.2, 0.25) is 0 Å². The Labute approximate surface area is 145 Å². The molecule has 1 aromatic rings. The third kappa shape index (κ3) is 3.01. The fourth-order valence-corrected chi connectivity index (χ4v) is 4.99. The molecule has 1 aromatic carbocycles. The first kappa shape index (κ1) is 16.8. The SMILES string of the molecule is Cl.N#Cc1ccccc1[C@@H]1CCCN1C1CC2(CCNCC2)C1. The van der Waals surface area contributed by atoms with Crippen molar-refractivity contribution in [3.8, 4) is 6.07 Å². The molecule has 1 spiro atoms. The maximum Gasteiger partial charge on any atom is 0.0995 e. The van der Waals surface area contributed by atoms with E-state index in [1.807, 2.05) is 12.1 Å². The van der Waals surface area contributed by atoms with Crippen molar-refractivity contribution in [1.82, 2.24) is 10.2 Å². The summed E-state index contributed by atoms with van der Waals surface area (Å²) in [6, 6.07) is 11.8. The van der Waals surface area contributed by atoms with Gasteiger partial charge in [-0.25, -0.2) is 0 Å². The molecule has 0 unspecified atom stereocenters. The number of rotatable bonds is 2. The number of benzene rings is 1. The highest BCUT2D eigenvalue weighted by Crippen LogP contribution is 2.52. The van der Waals surface area contributed by atoms with Gasteiger partial charge in [0.05, 0.1) is 11.6 Å². The van der Waals surface area contributed by atoms with Crippen LogP contribution in [0.15, 0.2) is 24.3 Å². The van der Waals surface area contributed by atoms with E-state index in [0.717, 1.165) is 11.6 Å². The van der Waals surface area contributed by atoms with E-state index in [1.54, 1.807) is 0 Å². The molecule has 1 N–H and O–H groups in total. The number of likely N-dealkylation sites (tertiary alicyclic amines) is 1. The summed E-state index contributed by atoms with van der Waals surface area (Å²) in [4.78, 5) is 2.71. The van der Waals surface area contributed by atoms with Crippen LogP contribution in [0.3, 0.4) is 0 Å². The first-order chi connectivity index (χ1) is 10.8. The van der Waals surface area contributed by atoms with Crippen molar-refractivity contribution < 1.29 is 0 Å². The van der Waals surface area contributed by atoms with Crippen molar-refractivity contribution in [3.63, 3.8) is 0 Å². The second-order valence-corrected chi connectivity index (χ2v) is 7.41. The molecular formula is C19H26ClN3. The van der Waals surface area contributed by atoms with Gasteiger partial charge < -0.3 is 5.32 Å². The standard InChI is InChI=1S/C19H25N3.ClH/c20-14-15-4-1-2-5-17(15)18-6-3-11-22(18)16-12-19(13-16)7-9-21-10-8-19;/h1-2,4-5,16,18,21H,3,6-13H2;1H/t18-;/m0./s1. The molecule has 23 heavy (non-hydrogen) atoms. The van der Waals surface area contributed by atoms with Gasteiger partial charge in [0, 0.05) is 12.1 Å². The van der Waals surface area contributed by atoms with Gasteiger partial charge in [-0.1, -0.05) is 18.2 Å². The summed E-state index contributed by atoms with van der Waals surface area (Å²) >= 11 is 0. The zero-order chi connectivity index (χ0) is 15.0. The van der Waals surface area contributed by atoms with Gasteiger partial charge in [-0.15, -0.1) is 12.4 Å². The van der Waals surface area contributed by atoms with Crippen molar-refractivity contribution in [2.24, 2.45) is 5.41 Å². The summed E-state index contributed by atoms with van der Waals surface area (Å²) in [5.41, 5.74) is 2.77. The molecule has 4 rings (SSSR count). The number of nitrogens with zero attached hydrogens (tertiary/aromatic N) is 2. The summed E-state index contributed by atoms with van der Waals surface area (Å²) in [6.07, 6.45) is 7.95. The molecular weight excluding hydrogens is 306 g/mol. The van der Waals surface area contributed by atoms with Crippen LogP contribution in [0.4, 0.5) is 0 Å². The van der Waals surface area contributed by atoms with Gasteiger partial charge in [-0.05, 0) is 75.2 Å². The normalized spacial score (nSPS) is 27.2. The Kier molecular flexibility index (Phi) is 4.96. The van der Waals surface area contributed by atoms with Crippen LogP contribution >= 0.6 is 12.4 Å². The minimum absolute atomic E-state index is 0. The number of halogens is 1. The molecule has 124 valence electrons. The Balaban J connectivity index is 0.00000156. The van der Waals surface area contributed by atoms with Gasteiger partial charge in [-0.3, -0.25) is 4.90 Å². The molecule has 3 nitrogen and oxygen atoms in total. The lowest BCUT2D eigenvalue weighted by Crippen LogP contribution is -2.54. The Morgan fingerprint density at radius 2 is 1.91 bits per heavy atom. The third-order valence-corrected chi connectivity index (χ3v) is 6.20. The smallest absolute Gasteiger partial charge is 0.0995 e. The van der Waals surface area contributed by atoms with E-state index in [9.17, 15) is 5.26 Å². The van der Waals surface area contributed by atoms with Gasteiger partial charge in [-0.2, -0.15) is 5.26 Å². The predicted octanol–water partition coefficient (Wildman–Crippen LogP) is 3.65. The fourth-order valence-electron chi connectivity index (χ4n) is 4.99. The minimum Gasteiger partial charge on any atom is -0.317 e. The average molecular weight is 332 g/mol. The molecule has 3 fully saturated rings. The highest BCUT2D eigenvalue weighted by atomic mass is 35.5. The molecule has 0 amide bonds. The second-order valence-electron chi connectivity index (χ2n) is 7.41. The van der Waals surface area contributed by atoms with E-state index < -0.39 is 0 Å². The summed E-state index contributed by atoms with van der Waals surface area (Å²) in [5, 5.41) is 12.9. The van der Waals surface area contributed by atoms with Gasteiger partial charge in [0.1, 0.15) is 0 Å². The zero-order valence-corrected chi connectivity index (χ0v) is 14.4. The largest absolute Gasteiger partial charge is 0.317 e. The predicted molar refractivity (Wildman–Crippen MR) is 94.6 cm³/mol. The summed E-state index contributed by atoms with van der Waals surface area (Å²) in [7, 11) is 0. The van der Waals surface area contributed by atoms with E-state index >= 15 is 0 Å². The quantitative estimate of drug-likeness (QED) is 0.899. The molecule has 1 atom stereocenters. The number of hydrogen-bond donors (Lipinski definition) is 1. The molecule has 3 aliphatic rings. The van der Waals surface area contributed by atoms with Crippen LogP contribution in [0.1, 0.15) is 55.7 Å².